The smallest absolute Gasteiger partial charge is 0.217 e. The van der Waals surface area contributed by atoms with Crippen LogP contribution in [-0.4, -0.2) is 12.6 Å². The number of rotatable bonds is 2. The molecule has 0 saturated heterocycles. The molecule has 0 heterocycles. The first-order valence-electron chi connectivity index (χ1n) is 1.95. The van der Waals surface area contributed by atoms with Gasteiger partial charge in [0, 0.05) is 6.92 Å². The third kappa shape index (κ3) is 5.39. The minimum Gasteiger partial charge on any atom is -0.343 e. The lowest BCUT2D eigenvalue weighted by Gasteiger charge is -1.95. The van der Waals surface area contributed by atoms with Gasteiger partial charge < -0.3 is 5.32 Å². The zero-order chi connectivity index (χ0) is 5.70. The van der Waals surface area contributed by atoms with Gasteiger partial charge in [0.1, 0.15) is 0 Å². The van der Waals surface area contributed by atoms with Gasteiger partial charge in [0.05, 0.1) is 6.67 Å². The molecule has 0 aliphatic carbocycles. The molecular formula is C3H9N3O. The summed E-state index contributed by atoms with van der Waals surface area (Å²) >= 11 is 0. The van der Waals surface area contributed by atoms with Crippen molar-refractivity contribution in [1.29, 1.82) is 0 Å². The molecule has 7 heavy (non-hydrogen) atoms. The van der Waals surface area contributed by atoms with E-state index in [0.717, 1.165) is 0 Å². The number of nitrogens with one attached hydrogen (secondary N) is 2. The van der Waals surface area contributed by atoms with E-state index in [1.165, 1.54) is 6.92 Å². The maximum atomic E-state index is 10.00. The van der Waals surface area contributed by atoms with Crippen LogP contribution in [0.2, 0.25) is 0 Å². The number of hydrogen-bond acceptors (Lipinski definition) is 3. The second-order valence-electron chi connectivity index (χ2n) is 1.11. The quantitative estimate of drug-likeness (QED) is 0.227. The standard InChI is InChI=1S/C3H9N3O/c1-3(7)5-2-6-4/h6H,2,4H2,1H3,(H,5,7). The Morgan fingerprint density at radius 1 is 1.86 bits per heavy atom. The van der Waals surface area contributed by atoms with Crippen LogP contribution in [0.4, 0.5) is 0 Å². The highest BCUT2D eigenvalue weighted by molar-refractivity contribution is 5.72. The normalized spacial score (nSPS) is 8.29. The van der Waals surface area contributed by atoms with Crippen molar-refractivity contribution >= 4 is 5.91 Å². The van der Waals surface area contributed by atoms with Gasteiger partial charge in [0.25, 0.3) is 0 Å². The topological polar surface area (TPSA) is 67.2 Å². The Labute approximate surface area is 42.0 Å². The summed E-state index contributed by atoms with van der Waals surface area (Å²) in [6.07, 6.45) is 0. The van der Waals surface area contributed by atoms with Crippen LogP contribution in [-0.2, 0) is 4.79 Å². The molecule has 0 saturated carbocycles. The lowest BCUT2D eigenvalue weighted by atomic mass is 10.7. The Morgan fingerprint density at radius 3 is 2.57 bits per heavy atom. The number of amides is 1. The summed E-state index contributed by atoms with van der Waals surface area (Å²) in [6.45, 7) is 1.76. The van der Waals surface area contributed by atoms with Gasteiger partial charge in [-0.15, -0.1) is 0 Å². The van der Waals surface area contributed by atoms with Gasteiger partial charge in [-0.3, -0.25) is 10.6 Å². The van der Waals surface area contributed by atoms with E-state index in [0.29, 0.717) is 6.67 Å². The molecule has 0 atom stereocenters. The summed E-state index contributed by atoms with van der Waals surface area (Å²) in [4.78, 5) is 10.00. The minimum atomic E-state index is -0.0852. The van der Waals surface area contributed by atoms with Crippen molar-refractivity contribution in [2.45, 2.75) is 6.92 Å². The largest absolute Gasteiger partial charge is 0.343 e. The summed E-state index contributed by atoms with van der Waals surface area (Å²) in [6, 6.07) is 0. The molecule has 42 valence electrons. The average Bonchev–Trinajstić information content (AvgIpc) is 1.61. The van der Waals surface area contributed by atoms with Crippen LogP contribution >= 0.6 is 0 Å². The lowest BCUT2D eigenvalue weighted by molar-refractivity contribution is -0.119. The third-order valence-electron chi connectivity index (χ3n) is 0.439. The van der Waals surface area contributed by atoms with E-state index in [2.05, 4.69) is 10.7 Å². The molecule has 0 aromatic rings. The molecule has 4 nitrogen and oxygen atoms in total. The summed E-state index contributed by atoms with van der Waals surface area (Å²) in [5.41, 5.74) is 2.27. The van der Waals surface area contributed by atoms with Crippen LogP contribution < -0.4 is 16.6 Å². The van der Waals surface area contributed by atoms with Crippen molar-refractivity contribution in [3.8, 4) is 0 Å². The molecule has 0 aliphatic rings. The molecule has 0 spiro atoms. The number of carbonyl (C=O) groups excluding carboxylic acids is 1. The van der Waals surface area contributed by atoms with Gasteiger partial charge in [0.2, 0.25) is 5.91 Å². The monoisotopic (exact) mass is 103 g/mol. The maximum absolute atomic E-state index is 10.00. The van der Waals surface area contributed by atoms with Crippen LogP contribution in [0, 0.1) is 0 Å². The average molecular weight is 103 g/mol. The number of carbonyl (C=O) groups is 1. The molecule has 4 heteroatoms. The molecule has 0 aromatic heterocycles. The molecule has 0 fully saturated rings. The van der Waals surface area contributed by atoms with Crippen molar-refractivity contribution in [3.05, 3.63) is 0 Å². The highest BCUT2D eigenvalue weighted by Gasteiger charge is 1.82. The van der Waals surface area contributed by atoms with Crippen LogP contribution in [0.3, 0.4) is 0 Å². The van der Waals surface area contributed by atoms with Crippen molar-refractivity contribution in [2.24, 2.45) is 5.84 Å². The van der Waals surface area contributed by atoms with Gasteiger partial charge in [-0.1, -0.05) is 0 Å². The van der Waals surface area contributed by atoms with Gasteiger partial charge in [-0.2, -0.15) is 0 Å². The summed E-state index contributed by atoms with van der Waals surface area (Å²) in [7, 11) is 0. The van der Waals surface area contributed by atoms with Crippen LogP contribution in [0.1, 0.15) is 6.92 Å². The lowest BCUT2D eigenvalue weighted by Crippen LogP contribution is -2.36. The zero-order valence-corrected chi connectivity index (χ0v) is 4.19. The fourth-order valence-corrected chi connectivity index (χ4v) is 0.176. The predicted octanol–water partition coefficient (Wildman–Crippen LogP) is -1.46. The van der Waals surface area contributed by atoms with E-state index in [9.17, 15) is 4.79 Å². The Morgan fingerprint density at radius 2 is 2.43 bits per heavy atom. The first-order valence-corrected chi connectivity index (χ1v) is 1.95. The second kappa shape index (κ2) is 3.58. The van der Waals surface area contributed by atoms with E-state index in [1.54, 1.807) is 0 Å². The van der Waals surface area contributed by atoms with Gasteiger partial charge >= 0.3 is 0 Å². The fraction of sp³-hybridized carbons (Fsp3) is 0.667. The maximum Gasteiger partial charge on any atom is 0.217 e. The molecule has 0 unspecified atom stereocenters. The summed E-state index contributed by atoms with van der Waals surface area (Å²) in [5.74, 6) is 4.73. The number of hydrazine groups is 1. The minimum absolute atomic E-state index is 0.0852. The summed E-state index contributed by atoms with van der Waals surface area (Å²) in [5, 5.41) is 2.42. The van der Waals surface area contributed by atoms with Gasteiger partial charge in [-0.25, -0.2) is 5.43 Å². The molecule has 1 amide bonds. The van der Waals surface area contributed by atoms with Crippen molar-refractivity contribution in [3.63, 3.8) is 0 Å². The predicted molar refractivity (Wildman–Crippen MR) is 26.0 cm³/mol. The zero-order valence-electron chi connectivity index (χ0n) is 4.19. The van der Waals surface area contributed by atoms with Crippen LogP contribution in [0.5, 0.6) is 0 Å². The Hall–Kier alpha value is -0.610. The Kier molecular flexibility index (Phi) is 3.26. The van der Waals surface area contributed by atoms with Crippen molar-refractivity contribution < 1.29 is 4.79 Å². The SMILES string of the molecule is CC(=O)NCNN. The molecular weight excluding hydrogens is 94.1 g/mol. The second-order valence-corrected chi connectivity index (χ2v) is 1.11. The van der Waals surface area contributed by atoms with Gasteiger partial charge in [0.15, 0.2) is 0 Å². The van der Waals surface area contributed by atoms with Crippen molar-refractivity contribution in [1.82, 2.24) is 10.7 Å². The van der Waals surface area contributed by atoms with Crippen LogP contribution in [0.25, 0.3) is 0 Å². The summed E-state index contributed by atoms with van der Waals surface area (Å²) < 4.78 is 0. The molecule has 0 rings (SSSR count). The van der Waals surface area contributed by atoms with E-state index in [-0.39, 0.29) is 5.91 Å². The molecule has 0 aromatic carbocycles. The number of hydrogen-bond donors (Lipinski definition) is 3. The van der Waals surface area contributed by atoms with E-state index >= 15 is 0 Å². The highest BCUT2D eigenvalue weighted by atomic mass is 16.1. The Balaban J connectivity index is 2.82. The molecule has 0 aliphatic heterocycles. The Bertz CT molecular complexity index is 63.2. The number of nitrogens with two attached hydrogens (primary N) is 1. The molecule has 4 N–H and O–H groups in total. The van der Waals surface area contributed by atoms with E-state index in [4.69, 9.17) is 5.84 Å². The molecule has 0 radical (unpaired) electrons. The third-order valence-corrected chi connectivity index (χ3v) is 0.439. The van der Waals surface area contributed by atoms with Crippen LogP contribution in [0.15, 0.2) is 0 Å². The highest BCUT2D eigenvalue weighted by Crippen LogP contribution is 1.51. The molecule has 0 bridgehead atoms. The van der Waals surface area contributed by atoms with Gasteiger partial charge in [-0.05, 0) is 0 Å². The van der Waals surface area contributed by atoms with E-state index < -0.39 is 0 Å². The fourth-order valence-electron chi connectivity index (χ4n) is 0.176. The van der Waals surface area contributed by atoms with Crippen molar-refractivity contribution in [2.75, 3.05) is 6.67 Å². The first-order chi connectivity index (χ1) is 3.27. The van der Waals surface area contributed by atoms with E-state index in [1.807, 2.05) is 0 Å². The first kappa shape index (κ1) is 6.39.